The van der Waals surface area contributed by atoms with Crippen molar-refractivity contribution in [3.63, 3.8) is 0 Å². The van der Waals surface area contributed by atoms with Gasteiger partial charge >= 0.3 is 0 Å². The van der Waals surface area contributed by atoms with Crippen LogP contribution in [0.2, 0.25) is 0 Å². The van der Waals surface area contributed by atoms with Crippen LogP contribution in [0.3, 0.4) is 0 Å². The van der Waals surface area contributed by atoms with Crippen LogP contribution >= 0.6 is 11.8 Å². The van der Waals surface area contributed by atoms with Gasteiger partial charge in [0.2, 0.25) is 0 Å². The highest BCUT2D eigenvalue weighted by Gasteiger charge is 2.17. The van der Waals surface area contributed by atoms with E-state index in [0.717, 1.165) is 33.8 Å². The third-order valence-corrected chi connectivity index (χ3v) is 5.27. The number of phenolic OH excluding ortho intramolecular Hbond substituents is 1. The normalized spacial score (nSPS) is 11.1. The number of aromatic hydroxyl groups is 1. The summed E-state index contributed by atoms with van der Waals surface area (Å²) in [5.41, 5.74) is 1.84. The molecule has 0 fully saturated rings. The second-order valence-corrected chi connectivity index (χ2v) is 6.86. The minimum Gasteiger partial charge on any atom is -0.507 e. The first-order chi connectivity index (χ1) is 12.8. The Balaban J connectivity index is 1.69. The SMILES string of the molecule is CCn1c(SCc2cccnc2)nnc1-c1cc2ccccc2cc1O. The molecule has 0 aliphatic carbocycles. The molecule has 4 rings (SSSR count). The van der Waals surface area contributed by atoms with E-state index in [9.17, 15) is 5.11 Å². The van der Waals surface area contributed by atoms with Gasteiger partial charge in [-0.25, -0.2) is 0 Å². The number of hydrogen-bond donors (Lipinski definition) is 1. The first-order valence-electron chi connectivity index (χ1n) is 8.43. The van der Waals surface area contributed by atoms with E-state index in [2.05, 4.69) is 22.1 Å². The predicted molar refractivity (Wildman–Crippen MR) is 104 cm³/mol. The van der Waals surface area contributed by atoms with E-state index < -0.39 is 0 Å². The van der Waals surface area contributed by atoms with Crippen molar-refractivity contribution in [1.29, 1.82) is 0 Å². The Morgan fingerprint density at radius 3 is 2.58 bits per heavy atom. The first-order valence-corrected chi connectivity index (χ1v) is 9.42. The van der Waals surface area contributed by atoms with E-state index in [0.29, 0.717) is 11.4 Å². The van der Waals surface area contributed by atoms with Crippen molar-refractivity contribution in [1.82, 2.24) is 19.7 Å². The summed E-state index contributed by atoms with van der Waals surface area (Å²) >= 11 is 1.62. The van der Waals surface area contributed by atoms with E-state index in [1.54, 1.807) is 24.0 Å². The molecular weight excluding hydrogens is 344 g/mol. The molecule has 0 saturated heterocycles. The summed E-state index contributed by atoms with van der Waals surface area (Å²) in [6.45, 7) is 2.78. The molecule has 4 aromatic rings. The van der Waals surface area contributed by atoms with Gasteiger partial charge in [0.1, 0.15) is 5.75 Å². The van der Waals surface area contributed by atoms with E-state index in [4.69, 9.17) is 0 Å². The van der Waals surface area contributed by atoms with Gasteiger partial charge in [-0.1, -0.05) is 42.1 Å². The van der Waals surface area contributed by atoms with Crippen molar-refractivity contribution in [3.05, 3.63) is 66.5 Å². The lowest BCUT2D eigenvalue weighted by atomic mass is 10.1. The molecule has 26 heavy (non-hydrogen) atoms. The highest BCUT2D eigenvalue weighted by Crippen LogP contribution is 2.34. The van der Waals surface area contributed by atoms with Crippen LogP contribution in [0.15, 0.2) is 66.1 Å². The fourth-order valence-electron chi connectivity index (χ4n) is 2.92. The summed E-state index contributed by atoms with van der Waals surface area (Å²) in [6.07, 6.45) is 3.62. The number of rotatable bonds is 5. The van der Waals surface area contributed by atoms with Crippen LogP contribution < -0.4 is 0 Å². The van der Waals surface area contributed by atoms with Gasteiger partial charge in [-0.3, -0.25) is 4.98 Å². The number of hydrogen-bond acceptors (Lipinski definition) is 5. The van der Waals surface area contributed by atoms with Crippen molar-refractivity contribution in [3.8, 4) is 17.1 Å². The number of benzene rings is 2. The molecule has 0 bridgehead atoms. The molecule has 130 valence electrons. The third kappa shape index (κ3) is 3.15. The standard InChI is InChI=1S/C20H18N4OS/c1-2-24-19(17-10-15-7-3-4-8-16(15)11-18(17)25)22-23-20(24)26-13-14-6-5-9-21-12-14/h3-12,25H,2,13H2,1H3. The summed E-state index contributed by atoms with van der Waals surface area (Å²) in [5.74, 6) is 1.68. The molecule has 0 saturated carbocycles. The van der Waals surface area contributed by atoms with E-state index in [1.165, 1.54) is 0 Å². The van der Waals surface area contributed by atoms with Crippen molar-refractivity contribution < 1.29 is 5.11 Å². The summed E-state index contributed by atoms with van der Waals surface area (Å²) in [5, 5.41) is 22.1. The molecule has 1 N–H and O–H groups in total. The molecule has 5 nitrogen and oxygen atoms in total. The zero-order chi connectivity index (χ0) is 17.9. The molecule has 6 heteroatoms. The molecule has 2 aromatic heterocycles. The maximum absolute atomic E-state index is 10.5. The lowest BCUT2D eigenvalue weighted by molar-refractivity contribution is 0.477. The van der Waals surface area contributed by atoms with Gasteiger partial charge in [-0.15, -0.1) is 10.2 Å². The van der Waals surface area contributed by atoms with E-state index in [1.807, 2.05) is 53.2 Å². The maximum atomic E-state index is 10.5. The second-order valence-electron chi connectivity index (χ2n) is 5.92. The van der Waals surface area contributed by atoms with Crippen molar-refractivity contribution in [2.45, 2.75) is 24.4 Å². The monoisotopic (exact) mass is 362 g/mol. The van der Waals surface area contributed by atoms with Crippen LogP contribution in [0.25, 0.3) is 22.2 Å². The molecule has 0 amide bonds. The van der Waals surface area contributed by atoms with Gasteiger partial charge in [0.05, 0.1) is 5.56 Å². The topological polar surface area (TPSA) is 63.8 Å². The Labute approximate surface area is 155 Å². The molecule has 0 unspecified atom stereocenters. The number of fused-ring (bicyclic) bond motifs is 1. The highest BCUT2D eigenvalue weighted by atomic mass is 32.2. The van der Waals surface area contributed by atoms with Crippen LogP contribution in [0, 0.1) is 0 Å². The number of pyridine rings is 1. The Bertz CT molecular complexity index is 1050. The molecule has 0 atom stereocenters. The zero-order valence-corrected chi connectivity index (χ0v) is 15.1. The Kier molecular flexibility index (Phi) is 4.58. The number of aromatic nitrogens is 4. The van der Waals surface area contributed by atoms with Crippen LogP contribution in [0.5, 0.6) is 5.75 Å². The second kappa shape index (κ2) is 7.17. The lowest BCUT2D eigenvalue weighted by Crippen LogP contribution is -2.00. The molecule has 0 aliphatic rings. The minimum absolute atomic E-state index is 0.217. The van der Waals surface area contributed by atoms with E-state index >= 15 is 0 Å². The Hall–Kier alpha value is -2.86. The number of phenols is 1. The zero-order valence-electron chi connectivity index (χ0n) is 14.3. The minimum atomic E-state index is 0.217. The highest BCUT2D eigenvalue weighted by molar-refractivity contribution is 7.98. The summed E-state index contributed by atoms with van der Waals surface area (Å²) in [7, 11) is 0. The predicted octanol–water partition coefficient (Wildman–Crippen LogP) is 4.51. The number of thioether (sulfide) groups is 1. The fraction of sp³-hybridized carbons (Fsp3) is 0.150. The molecule has 0 spiro atoms. The van der Waals surface area contributed by atoms with Crippen molar-refractivity contribution in [2.75, 3.05) is 0 Å². The van der Waals surface area contributed by atoms with Crippen molar-refractivity contribution >= 4 is 22.5 Å². The molecule has 2 aromatic carbocycles. The average molecular weight is 362 g/mol. The summed E-state index contributed by atoms with van der Waals surface area (Å²) in [6, 6.07) is 15.7. The van der Waals surface area contributed by atoms with E-state index in [-0.39, 0.29) is 5.75 Å². The van der Waals surface area contributed by atoms with Gasteiger partial charge in [0, 0.05) is 24.7 Å². The molecule has 0 aliphatic heterocycles. The quantitative estimate of drug-likeness (QED) is 0.529. The average Bonchev–Trinajstić information content (AvgIpc) is 3.09. The summed E-state index contributed by atoms with van der Waals surface area (Å²) in [4.78, 5) is 4.14. The van der Waals surface area contributed by atoms with Crippen LogP contribution in [0.1, 0.15) is 12.5 Å². The van der Waals surface area contributed by atoms with Crippen LogP contribution in [-0.2, 0) is 12.3 Å². The fourth-order valence-corrected chi connectivity index (χ4v) is 3.86. The number of nitrogens with zero attached hydrogens (tertiary/aromatic N) is 4. The van der Waals surface area contributed by atoms with Gasteiger partial charge in [0.15, 0.2) is 11.0 Å². The lowest BCUT2D eigenvalue weighted by Gasteiger charge is -2.10. The van der Waals surface area contributed by atoms with Gasteiger partial charge in [-0.05, 0) is 41.5 Å². The van der Waals surface area contributed by atoms with Crippen molar-refractivity contribution in [2.24, 2.45) is 0 Å². The van der Waals surface area contributed by atoms with Crippen LogP contribution in [-0.4, -0.2) is 24.9 Å². The Morgan fingerprint density at radius 1 is 1.04 bits per heavy atom. The molecular formula is C20H18N4OS. The van der Waals surface area contributed by atoms with Gasteiger partial charge < -0.3 is 9.67 Å². The van der Waals surface area contributed by atoms with Gasteiger partial charge in [-0.2, -0.15) is 0 Å². The largest absolute Gasteiger partial charge is 0.507 e. The smallest absolute Gasteiger partial charge is 0.191 e. The maximum Gasteiger partial charge on any atom is 0.191 e. The Morgan fingerprint density at radius 2 is 1.85 bits per heavy atom. The third-order valence-electron chi connectivity index (χ3n) is 4.23. The van der Waals surface area contributed by atoms with Crippen LogP contribution in [0.4, 0.5) is 0 Å². The molecule has 0 radical (unpaired) electrons. The summed E-state index contributed by atoms with van der Waals surface area (Å²) < 4.78 is 2.03. The van der Waals surface area contributed by atoms with Gasteiger partial charge in [0.25, 0.3) is 0 Å². The molecule has 2 heterocycles. The first kappa shape index (κ1) is 16.6.